The fraction of sp³-hybridized carbons (Fsp3) is 0.933. The van der Waals surface area contributed by atoms with Gasteiger partial charge in [-0.25, -0.2) is 0 Å². The lowest BCUT2D eigenvalue weighted by molar-refractivity contribution is -0.140. The van der Waals surface area contributed by atoms with E-state index in [1.54, 1.807) is 0 Å². The molecule has 3 nitrogen and oxygen atoms in total. The summed E-state index contributed by atoms with van der Waals surface area (Å²) < 4.78 is 0. The van der Waals surface area contributed by atoms with Crippen molar-refractivity contribution in [1.29, 1.82) is 0 Å². The van der Waals surface area contributed by atoms with E-state index >= 15 is 0 Å². The second kappa shape index (κ2) is 7.13. The topological polar surface area (TPSA) is 40.5 Å². The Bertz CT molecular complexity index is 257. The Morgan fingerprint density at radius 1 is 1.00 bits per heavy atom. The number of nitrogens with zero attached hydrogens (tertiary/aromatic N) is 1. The number of hydrogen-bond donors (Lipinski definition) is 1. The minimum atomic E-state index is 0.207. The molecule has 1 atom stereocenters. The van der Waals surface area contributed by atoms with Gasteiger partial charge in [-0.05, 0) is 38.5 Å². The first kappa shape index (κ1) is 13.9. The number of carbonyl (C=O) groups excluding carboxylic acids is 1. The summed E-state index contributed by atoms with van der Waals surface area (Å²) in [6.07, 6.45) is 11.4. The van der Waals surface area contributed by atoms with Crippen LogP contribution in [0.15, 0.2) is 0 Å². The van der Waals surface area contributed by atoms with E-state index in [1.165, 1.54) is 32.1 Å². The minimum Gasteiger partial charge on any atom is -0.396 e. The fourth-order valence-electron chi connectivity index (χ4n) is 3.50. The van der Waals surface area contributed by atoms with Gasteiger partial charge in [-0.1, -0.05) is 25.7 Å². The van der Waals surface area contributed by atoms with E-state index in [0.29, 0.717) is 11.9 Å². The van der Waals surface area contributed by atoms with Crippen molar-refractivity contribution < 1.29 is 9.90 Å². The van der Waals surface area contributed by atoms with E-state index in [0.717, 1.165) is 38.6 Å². The quantitative estimate of drug-likeness (QED) is 0.786. The van der Waals surface area contributed by atoms with Crippen LogP contribution in [0.1, 0.15) is 64.2 Å². The lowest BCUT2D eigenvalue weighted by Crippen LogP contribution is -2.46. The monoisotopic (exact) mass is 253 g/mol. The van der Waals surface area contributed by atoms with Crippen LogP contribution in [0, 0.1) is 5.92 Å². The molecule has 1 heterocycles. The molecule has 2 fully saturated rings. The molecule has 1 aliphatic carbocycles. The van der Waals surface area contributed by atoms with Gasteiger partial charge in [-0.3, -0.25) is 4.79 Å². The van der Waals surface area contributed by atoms with Crippen molar-refractivity contribution in [3.05, 3.63) is 0 Å². The number of hydrogen-bond acceptors (Lipinski definition) is 2. The Kier molecular flexibility index (Phi) is 5.48. The Labute approximate surface area is 111 Å². The Hall–Kier alpha value is -0.570. The molecule has 104 valence electrons. The number of likely N-dealkylation sites (tertiary alicyclic amines) is 1. The summed E-state index contributed by atoms with van der Waals surface area (Å²) in [4.78, 5) is 14.7. The standard InChI is InChI=1S/C15H27NO2/c17-12-10-14-9-5-6-11-16(14)15(18)13-7-3-1-2-4-8-13/h13-14,17H,1-12H2. The van der Waals surface area contributed by atoms with E-state index in [-0.39, 0.29) is 12.5 Å². The van der Waals surface area contributed by atoms with E-state index < -0.39 is 0 Å². The first-order valence-corrected chi connectivity index (χ1v) is 7.74. The predicted octanol–water partition coefficient (Wildman–Crippen LogP) is 2.72. The molecule has 1 amide bonds. The first-order chi connectivity index (χ1) is 8.83. The second-order valence-corrected chi connectivity index (χ2v) is 5.88. The SMILES string of the molecule is O=C(C1CCCCCC1)N1CCCCC1CCO. The average molecular weight is 253 g/mol. The molecular formula is C15H27NO2. The summed E-state index contributed by atoms with van der Waals surface area (Å²) >= 11 is 0. The summed E-state index contributed by atoms with van der Waals surface area (Å²) in [7, 11) is 0. The zero-order valence-electron chi connectivity index (χ0n) is 11.4. The molecule has 3 heteroatoms. The number of piperidine rings is 1. The Morgan fingerprint density at radius 2 is 1.67 bits per heavy atom. The number of carbonyl (C=O) groups is 1. The largest absolute Gasteiger partial charge is 0.396 e. The molecule has 18 heavy (non-hydrogen) atoms. The summed E-state index contributed by atoms with van der Waals surface area (Å²) in [6.45, 7) is 1.12. The fourth-order valence-corrected chi connectivity index (χ4v) is 3.50. The highest BCUT2D eigenvalue weighted by molar-refractivity contribution is 5.79. The predicted molar refractivity (Wildman–Crippen MR) is 72.2 cm³/mol. The van der Waals surface area contributed by atoms with Gasteiger partial charge < -0.3 is 10.0 Å². The Balaban J connectivity index is 1.95. The van der Waals surface area contributed by atoms with Gasteiger partial charge in [0, 0.05) is 25.1 Å². The van der Waals surface area contributed by atoms with Gasteiger partial charge in [-0.2, -0.15) is 0 Å². The molecule has 1 saturated carbocycles. The lowest BCUT2D eigenvalue weighted by Gasteiger charge is -2.37. The average Bonchev–Trinajstić information content (AvgIpc) is 2.68. The highest BCUT2D eigenvalue weighted by Gasteiger charge is 2.31. The van der Waals surface area contributed by atoms with Crippen molar-refractivity contribution in [2.75, 3.05) is 13.2 Å². The van der Waals surface area contributed by atoms with Crippen molar-refractivity contribution in [3.63, 3.8) is 0 Å². The smallest absolute Gasteiger partial charge is 0.225 e. The number of aliphatic hydroxyl groups is 1. The molecule has 2 rings (SSSR count). The van der Waals surface area contributed by atoms with Gasteiger partial charge in [0.25, 0.3) is 0 Å². The van der Waals surface area contributed by atoms with Crippen molar-refractivity contribution in [2.45, 2.75) is 70.3 Å². The molecule has 0 bridgehead atoms. The van der Waals surface area contributed by atoms with E-state index in [1.807, 2.05) is 0 Å². The van der Waals surface area contributed by atoms with Crippen LogP contribution in [0.2, 0.25) is 0 Å². The Morgan fingerprint density at radius 3 is 2.33 bits per heavy atom. The van der Waals surface area contributed by atoms with Gasteiger partial charge in [0.2, 0.25) is 5.91 Å². The number of amides is 1. The van der Waals surface area contributed by atoms with Crippen LogP contribution in [-0.4, -0.2) is 35.1 Å². The maximum atomic E-state index is 12.6. The third-order valence-electron chi connectivity index (χ3n) is 4.58. The van der Waals surface area contributed by atoms with Crippen LogP contribution < -0.4 is 0 Å². The molecule has 2 aliphatic rings. The molecule has 1 N–H and O–H groups in total. The maximum absolute atomic E-state index is 12.6. The summed E-state index contributed by atoms with van der Waals surface area (Å²) in [5.74, 6) is 0.654. The van der Waals surface area contributed by atoms with E-state index in [9.17, 15) is 4.79 Å². The van der Waals surface area contributed by atoms with Gasteiger partial charge >= 0.3 is 0 Å². The van der Waals surface area contributed by atoms with Gasteiger partial charge in [0.05, 0.1) is 0 Å². The second-order valence-electron chi connectivity index (χ2n) is 5.88. The molecule has 0 spiro atoms. The third kappa shape index (κ3) is 3.47. The zero-order chi connectivity index (χ0) is 12.8. The summed E-state index contributed by atoms with van der Waals surface area (Å²) in [5.41, 5.74) is 0. The maximum Gasteiger partial charge on any atom is 0.225 e. The van der Waals surface area contributed by atoms with Crippen LogP contribution in [0.4, 0.5) is 0 Å². The third-order valence-corrected chi connectivity index (χ3v) is 4.58. The molecule has 0 aromatic carbocycles. The summed E-state index contributed by atoms with van der Waals surface area (Å²) in [5, 5.41) is 9.14. The molecule has 0 radical (unpaired) electrons. The number of aliphatic hydroxyl groups excluding tert-OH is 1. The van der Waals surface area contributed by atoms with Crippen LogP contribution in [-0.2, 0) is 4.79 Å². The van der Waals surface area contributed by atoms with Gasteiger partial charge in [-0.15, -0.1) is 0 Å². The van der Waals surface area contributed by atoms with E-state index in [2.05, 4.69) is 4.90 Å². The zero-order valence-corrected chi connectivity index (χ0v) is 11.4. The normalized spacial score (nSPS) is 26.9. The molecule has 0 aromatic rings. The number of rotatable bonds is 3. The molecule has 0 aromatic heterocycles. The lowest BCUT2D eigenvalue weighted by atomic mass is 9.93. The summed E-state index contributed by atoms with van der Waals surface area (Å²) in [6, 6.07) is 0.305. The van der Waals surface area contributed by atoms with Gasteiger partial charge in [0.15, 0.2) is 0 Å². The van der Waals surface area contributed by atoms with Crippen LogP contribution in [0.3, 0.4) is 0 Å². The van der Waals surface area contributed by atoms with Crippen LogP contribution in [0.25, 0.3) is 0 Å². The minimum absolute atomic E-state index is 0.207. The van der Waals surface area contributed by atoms with Crippen molar-refractivity contribution in [2.24, 2.45) is 5.92 Å². The molecule has 1 saturated heterocycles. The van der Waals surface area contributed by atoms with Crippen molar-refractivity contribution in [3.8, 4) is 0 Å². The molecule has 1 unspecified atom stereocenters. The first-order valence-electron chi connectivity index (χ1n) is 7.74. The highest BCUT2D eigenvalue weighted by Crippen LogP contribution is 2.28. The molecular weight excluding hydrogens is 226 g/mol. The van der Waals surface area contributed by atoms with Crippen LogP contribution in [0.5, 0.6) is 0 Å². The van der Waals surface area contributed by atoms with Crippen molar-refractivity contribution in [1.82, 2.24) is 4.90 Å². The van der Waals surface area contributed by atoms with Crippen LogP contribution >= 0.6 is 0 Å². The van der Waals surface area contributed by atoms with E-state index in [4.69, 9.17) is 5.11 Å². The molecule has 1 aliphatic heterocycles. The van der Waals surface area contributed by atoms with Gasteiger partial charge in [0.1, 0.15) is 0 Å². The van der Waals surface area contributed by atoms with Crippen molar-refractivity contribution >= 4 is 5.91 Å². The highest BCUT2D eigenvalue weighted by atomic mass is 16.3.